The van der Waals surface area contributed by atoms with Crippen molar-refractivity contribution in [1.82, 2.24) is 10.2 Å². The van der Waals surface area contributed by atoms with Crippen LogP contribution in [0, 0.1) is 11.6 Å². The van der Waals surface area contributed by atoms with Crippen LogP contribution in [0.2, 0.25) is 0 Å². The van der Waals surface area contributed by atoms with E-state index in [2.05, 4.69) is 29.3 Å². The lowest BCUT2D eigenvalue weighted by atomic mass is 9.98. The van der Waals surface area contributed by atoms with Crippen molar-refractivity contribution < 1.29 is 13.2 Å². The van der Waals surface area contributed by atoms with Gasteiger partial charge in [0.1, 0.15) is 0 Å². The molecule has 0 amide bonds. The summed E-state index contributed by atoms with van der Waals surface area (Å²) in [6.07, 6.45) is 0.650. The Bertz CT molecular complexity index is 838. The molecule has 3 rings (SSSR count). The summed E-state index contributed by atoms with van der Waals surface area (Å²) in [5.41, 5.74) is 1.88. The molecule has 0 aliphatic rings. The quantitative estimate of drug-likeness (QED) is 0.541. The summed E-state index contributed by atoms with van der Waals surface area (Å²) in [5, 5.41) is 8.43. The maximum Gasteiger partial charge on any atom is 0.277 e. The SMILES string of the molecule is CC(Cc1nnc(SC(C)c2ccc(F)c(F)c2)o1)c1ccccc1. The molecule has 0 aliphatic carbocycles. The topological polar surface area (TPSA) is 38.9 Å². The molecular weight excluding hydrogens is 342 g/mol. The fourth-order valence-electron chi connectivity index (χ4n) is 2.51. The first kappa shape index (κ1) is 17.6. The number of thioether (sulfide) groups is 1. The molecule has 6 heteroatoms. The fraction of sp³-hybridized carbons (Fsp3) is 0.263. The minimum absolute atomic E-state index is 0.130. The van der Waals surface area contributed by atoms with E-state index in [9.17, 15) is 8.78 Å². The predicted molar refractivity (Wildman–Crippen MR) is 93.5 cm³/mol. The van der Waals surface area contributed by atoms with Gasteiger partial charge in [-0.1, -0.05) is 55.1 Å². The first-order valence-electron chi connectivity index (χ1n) is 8.02. The first-order valence-corrected chi connectivity index (χ1v) is 8.90. The summed E-state index contributed by atoms with van der Waals surface area (Å²) in [5.74, 6) is -0.872. The lowest BCUT2D eigenvalue weighted by molar-refractivity contribution is 0.404. The number of rotatable bonds is 6. The third kappa shape index (κ3) is 4.45. The number of halogens is 2. The van der Waals surface area contributed by atoms with Crippen LogP contribution >= 0.6 is 11.8 Å². The van der Waals surface area contributed by atoms with E-state index in [0.29, 0.717) is 23.1 Å². The zero-order valence-corrected chi connectivity index (χ0v) is 14.8. The second kappa shape index (κ2) is 7.78. The second-order valence-corrected chi connectivity index (χ2v) is 7.20. The summed E-state index contributed by atoms with van der Waals surface area (Å²) >= 11 is 1.33. The average molecular weight is 360 g/mol. The average Bonchev–Trinajstić information content (AvgIpc) is 3.04. The maximum atomic E-state index is 13.4. The van der Waals surface area contributed by atoms with Crippen LogP contribution in [0.3, 0.4) is 0 Å². The molecule has 0 aliphatic heterocycles. The fourth-order valence-corrected chi connectivity index (χ4v) is 3.33. The van der Waals surface area contributed by atoms with E-state index in [1.165, 1.54) is 23.4 Å². The van der Waals surface area contributed by atoms with Gasteiger partial charge < -0.3 is 4.42 Å². The number of hydrogen-bond donors (Lipinski definition) is 0. The molecule has 130 valence electrons. The standard InChI is InChI=1S/C19H18F2N2OS/c1-12(14-6-4-3-5-7-14)10-18-22-23-19(24-18)25-13(2)15-8-9-16(20)17(21)11-15/h3-9,11-13H,10H2,1-2H3. The number of aromatic nitrogens is 2. The van der Waals surface area contributed by atoms with Crippen LogP contribution < -0.4 is 0 Å². The predicted octanol–water partition coefficient (Wildman–Crippen LogP) is 5.55. The van der Waals surface area contributed by atoms with Crippen LogP contribution in [0.4, 0.5) is 8.78 Å². The lowest BCUT2D eigenvalue weighted by Gasteiger charge is -2.09. The highest BCUT2D eigenvalue weighted by Gasteiger charge is 2.16. The van der Waals surface area contributed by atoms with Crippen LogP contribution in [0.1, 0.15) is 42.0 Å². The Balaban J connectivity index is 1.64. The molecule has 1 heterocycles. The van der Waals surface area contributed by atoms with Crippen molar-refractivity contribution in [2.24, 2.45) is 0 Å². The first-order chi connectivity index (χ1) is 12.0. The molecule has 3 nitrogen and oxygen atoms in total. The zero-order valence-electron chi connectivity index (χ0n) is 13.9. The van der Waals surface area contributed by atoms with Gasteiger partial charge in [0, 0.05) is 11.7 Å². The number of nitrogens with zero attached hydrogens (tertiary/aromatic N) is 2. The molecule has 0 spiro atoms. The van der Waals surface area contributed by atoms with Gasteiger partial charge in [-0.2, -0.15) is 0 Å². The summed E-state index contributed by atoms with van der Waals surface area (Å²) in [7, 11) is 0. The molecule has 3 aromatic rings. The highest BCUT2D eigenvalue weighted by molar-refractivity contribution is 7.99. The summed E-state index contributed by atoms with van der Waals surface area (Å²) in [6, 6.07) is 14.0. The van der Waals surface area contributed by atoms with Crippen molar-refractivity contribution >= 4 is 11.8 Å². The number of benzene rings is 2. The highest BCUT2D eigenvalue weighted by atomic mass is 32.2. The minimum atomic E-state index is -0.854. The van der Waals surface area contributed by atoms with E-state index < -0.39 is 11.6 Å². The second-order valence-electron chi connectivity index (χ2n) is 5.91. The van der Waals surface area contributed by atoms with E-state index in [-0.39, 0.29) is 11.2 Å². The van der Waals surface area contributed by atoms with Gasteiger partial charge in [0.25, 0.3) is 5.22 Å². The van der Waals surface area contributed by atoms with Gasteiger partial charge >= 0.3 is 0 Å². The van der Waals surface area contributed by atoms with Crippen LogP contribution in [-0.4, -0.2) is 10.2 Å². The van der Waals surface area contributed by atoms with Gasteiger partial charge in [-0.25, -0.2) is 8.78 Å². The van der Waals surface area contributed by atoms with Crippen LogP contribution in [0.25, 0.3) is 0 Å². The Labute approximate surface area is 149 Å². The van der Waals surface area contributed by atoms with Crippen LogP contribution in [0.5, 0.6) is 0 Å². The molecular formula is C19H18F2N2OS. The summed E-state index contributed by atoms with van der Waals surface area (Å²) in [4.78, 5) is 0. The Kier molecular flexibility index (Phi) is 5.48. The molecule has 25 heavy (non-hydrogen) atoms. The van der Waals surface area contributed by atoms with Crippen molar-refractivity contribution in [2.75, 3.05) is 0 Å². The lowest BCUT2D eigenvalue weighted by Crippen LogP contribution is -1.98. The number of hydrogen-bond acceptors (Lipinski definition) is 4. The molecule has 2 atom stereocenters. The van der Waals surface area contributed by atoms with E-state index in [4.69, 9.17) is 4.42 Å². The molecule has 0 fully saturated rings. The van der Waals surface area contributed by atoms with E-state index in [1.54, 1.807) is 6.07 Å². The van der Waals surface area contributed by atoms with Gasteiger partial charge in [-0.3, -0.25) is 0 Å². The zero-order chi connectivity index (χ0) is 17.8. The van der Waals surface area contributed by atoms with Gasteiger partial charge in [0.2, 0.25) is 5.89 Å². The van der Waals surface area contributed by atoms with E-state index in [1.807, 2.05) is 25.1 Å². The summed E-state index contributed by atoms with van der Waals surface area (Å²) < 4.78 is 32.1. The van der Waals surface area contributed by atoms with Crippen molar-refractivity contribution in [2.45, 2.75) is 36.7 Å². The summed E-state index contributed by atoms with van der Waals surface area (Å²) in [6.45, 7) is 3.99. The van der Waals surface area contributed by atoms with E-state index in [0.717, 1.165) is 6.07 Å². The van der Waals surface area contributed by atoms with Gasteiger partial charge in [-0.05, 0) is 36.1 Å². The third-order valence-corrected chi connectivity index (χ3v) is 4.98. The smallest absolute Gasteiger partial charge is 0.277 e. The van der Waals surface area contributed by atoms with Crippen molar-refractivity contribution in [1.29, 1.82) is 0 Å². The Hall–Kier alpha value is -2.21. The molecule has 1 aromatic heterocycles. The molecule has 2 unspecified atom stereocenters. The highest BCUT2D eigenvalue weighted by Crippen LogP contribution is 2.34. The largest absolute Gasteiger partial charge is 0.416 e. The van der Waals surface area contributed by atoms with Crippen LogP contribution in [-0.2, 0) is 6.42 Å². The normalized spacial score (nSPS) is 13.6. The molecule has 0 N–H and O–H groups in total. The molecule has 0 bridgehead atoms. The monoisotopic (exact) mass is 360 g/mol. The molecule has 0 saturated carbocycles. The third-order valence-electron chi connectivity index (χ3n) is 3.99. The van der Waals surface area contributed by atoms with Gasteiger partial charge in [-0.15, -0.1) is 10.2 Å². The maximum absolute atomic E-state index is 13.4. The molecule has 0 saturated heterocycles. The Morgan fingerprint density at radius 1 is 0.960 bits per heavy atom. The van der Waals surface area contributed by atoms with Gasteiger partial charge in [0.05, 0.1) is 0 Å². The molecule has 2 aromatic carbocycles. The van der Waals surface area contributed by atoms with Crippen molar-refractivity contribution in [3.05, 3.63) is 77.2 Å². The van der Waals surface area contributed by atoms with E-state index >= 15 is 0 Å². The molecule has 0 radical (unpaired) electrons. The van der Waals surface area contributed by atoms with Gasteiger partial charge in [0.15, 0.2) is 11.6 Å². The van der Waals surface area contributed by atoms with Crippen molar-refractivity contribution in [3.63, 3.8) is 0 Å². The van der Waals surface area contributed by atoms with Crippen LogP contribution in [0.15, 0.2) is 58.2 Å². The Morgan fingerprint density at radius 2 is 1.72 bits per heavy atom. The van der Waals surface area contributed by atoms with Crippen molar-refractivity contribution in [3.8, 4) is 0 Å². The Morgan fingerprint density at radius 3 is 2.44 bits per heavy atom. The minimum Gasteiger partial charge on any atom is -0.416 e.